The molecule has 3 rings (SSSR count). The molecule has 3 N–H and O–H groups in total. The molecule has 0 saturated heterocycles. The van der Waals surface area contributed by atoms with Crippen molar-refractivity contribution in [3.8, 4) is 16.9 Å². The topological polar surface area (TPSA) is 108 Å². The number of carbonyl (C=O) groups excluding carboxylic acids is 3. The molecule has 0 aliphatic heterocycles. The summed E-state index contributed by atoms with van der Waals surface area (Å²) in [7, 11) is 0. The Labute approximate surface area is 205 Å². The standard InChI is InChI=1S/C26H23F3N2O5/c27-26(28,29)36-21-12-6-17(7-13-21)16-35-25(34)22(14-15-23(30)32)31-24(33)20-10-8-19(9-11-20)18-4-2-1-3-5-18/h1-13,22H,14-16H2,(H2,30,32)(H,31,33)/t22-/m0/s1. The Morgan fingerprint density at radius 3 is 2.06 bits per heavy atom. The molecule has 3 aromatic carbocycles. The third-order valence-electron chi connectivity index (χ3n) is 5.06. The molecule has 0 saturated carbocycles. The first-order valence-corrected chi connectivity index (χ1v) is 10.9. The number of nitrogens with one attached hydrogen (secondary N) is 1. The van der Waals surface area contributed by atoms with Crippen molar-refractivity contribution in [2.24, 2.45) is 5.73 Å². The average molecular weight is 500 g/mol. The van der Waals surface area contributed by atoms with Crippen LogP contribution in [0.3, 0.4) is 0 Å². The SMILES string of the molecule is NC(=O)CC[C@H](NC(=O)c1ccc(-c2ccccc2)cc1)C(=O)OCc1ccc(OC(F)(F)F)cc1. The van der Waals surface area contributed by atoms with Gasteiger partial charge in [0.1, 0.15) is 18.4 Å². The Balaban J connectivity index is 1.62. The van der Waals surface area contributed by atoms with Crippen LogP contribution in [0.2, 0.25) is 0 Å². The van der Waals surface area contributed by atoms with E-state index in [2.05, 4.69) is 10.1 Å². The average Bonchev–Trinajstić information content (AvgIpc) is 2.85. The Kier molecular flexibility index (Phi) is 8.66. The highest BCUT2D eigenvalue weighted by Gasteiger charge is 2.31. The molecule has 0 aliphatic carbocycles. The van der Waals surface area contributed by atoms with Crippen LogP contribution >= 0.6 is 0 Å². The quantitative estimate of drug-likeness (QED) is 0.402. The number of esters is 1. The van der Waals surface area contributed by atoms with Crippen LogP contribution in [-0.2, 0) is 20.9 Å². The summed E-state index contributed by atoms with van der Waals surface area (Å²) in [6.45, 7) is -0.264. The van der Waals surface area contributed by atoms with Crippen molar-refractivity contribution in [3.63, 3.8) is 0 Å². The number of nitrogens with two attached hydrogens (primary N) is 1. The number of halogens is 3. The van der Waals surface area contributed by atoms with Crippen molar-refractivity contribution in [3.05, 3.63) is 90.0 Å². The van der Waals surface area contributed by atoms with E-state index in [1.807, 2.05) is 30.3 Å². The number of alkyl halides is 3. The van der Waals surface area contributed by atoms with Crippen LogP contribution in [0.15, 0.2) is 78.9 Å². The zero-order chi connectivity index (χ0) is 26.1. The van der Waals surface area contributed by atoms with Gasteiger partial charge in [-0.25, -0.2) is 4.79 Å². The summed E-state index contributed by atoms with van der Waals surface area (Å²) in [4.78, 5) is 36.6. The second-order valence-corrected chi connectivity index (χ2v) is 7.77. The molecule has 0 aliphatic rings. The monoisotopic (exact) mass is 500 g/mol. The molecule has 1 atom stereocenters. The van der Waals surface area contributed by atoms with Gasteiger partial charge in [0.25, 0.3) is 5.91 Å². The second-order valence-electron chi connectivity index (χ2n) is 7.77. The molecule has 2 amide bonds. The Hall–Kier alpha value is -4.34. The third kappa shape index (κ3) is 8.15. The molecular formula is C26H23F3N2O5. The largest absolute Gasteiger partial charge is 0.573 e. The first-order valence-electron chi connectivity index (χ1n) is 10.9. The highest BCUT2D eigenvalue weighted by Crippen LogP contribution is 2.23. The maximum absolute atomic E-state index is 12.7. The zero-order valence-corrected chi connectivity index (χ0v) is 19.0. The van der Waals surface area contributed by atoms with Gasteiger partial charge in [-0.2, -0.15) is 0 Å². The molecule has 36 heavy (non-hydrogen) atoms. The lowest BCUT2D eigenvalue weighted by atomic mass is 10.0. The predicted octanol–water partition coefficient (Wildman–Crippen LogP) is 4.36. The summed E-state index contributed by atoms with van der Waals surface area (Å²) >= 11 is 0. The van der Waals surface area contributed by atoms with Crippen LogP contribution in [-0.4, -0.2) is 30.2 Å². The van der Waals surface area contributed by atoms with E-state index in [4.69, 9.17) is 10.5 Å². The van der Waals surface area contributed by atoms with Crippen LogP contribution in [0.5, 0.6) is 5.75 Å². The van der Waals surface area contributed by atoms with Gasteiger partial charge in [-0.3, -0.25) is 9.59 Å². The van der Waals surface area contributed by atoms with Crippen LogP contribution in [0.25, 0.3) is 11.1 Å². The first-order chi connectivity index (χ1) is 17.1. The molecule has 10 heteroatoms. The van der Waals surface area contributed by atoms with Crippen LogP contribution in [0.4, 0.5) is 13.2 Å². The Morgan fingerprint density at radius 2 is 1.47 bits per heavy atom. The van der Waals surface area contributed by atoms with Crippen molar-refractivity contribution >= 4 is 17.8 Å². The van der Waals surface area contributed by atoms with Crippen molar-refractivity contribution in [1.29, 1.82) is 0 Å². The molecule has 0 aromatic heterocycles. The Bertz CT molecular complexity index is 1180. The van der Waals surface area contributed by atoms with E-state index in [9.17, 15) is 27.6 Å². The summed E-state index contributed by atoms with van der Waals surface area (Å²) in [6, 6.07) is 19.9. The van der Waals surface area contributed by atoms with Crippen molar-refractivity contribution in [1.82, 2.24) is 5.32 Å². The van der Waals surface area contributed by atoms with E-state index < -0.39 is 35.9 Å². The lowest BCUT2D eigenvalue weighted by molar-refractivity contribution is -0.274. The van der Waals surface area contributed by atoms with Crippen LogP contribution < -0.4 is 15.8 Å². The number of benzene rings is 3. The molecule has 0 radical (unpaired) electrons. The zero-order valence-electron chi connectivity index (χ0n) is 19.0. The number of rotatable bonds is 10. The fourth-order valence-electron chi connectivity index (χ4n) is 3.26. The molecule has 0 fully saturated rings. The molecule has 0 bridgehead atoms. The minimum Gasteiger partial charge on any atom is -0.459 e. The molecule has 0 heterocycles. The number of ether oxygens (including phenoxy) is 2. The number of hydrogen-bond acceptors (Lipinski definition) is 5. The number of carbonyl (C=O) groups is 3. The van der Waals surface area contributed by atoms with E-state index in [1.54, 1.807) is 24.3 Å². The van der Waals surface area contributed by atoms with Crippen molar-refractivity contribution in [2.75, 3.05) is 0 Å². The molecule has 0 spiro atoms. The van der Waals surface area contributed by atoms with Gasteiger partial charge in [0.05, 0.1) is 0 Å². The Morgan fingerprint density at radius 1 is 0.861 bits per heavy atom. The smallest absolute Gasteiger partial charge is 0.459 e. The minimum absolute atomic E-state index is 0.0830. The lowest BCUT2D eigenvalue weighted by Crippen LogP contribution is -2.42. The van der Waals surface area contributed by atoms with Gasteiger partial charge >= 0.3 is 12.3 Å². The van der Waals surface area contributed by atoms with E-state index in [1.165, 1.54) is 12.1 Å². The first kappa shape index (κ1) is 26.3. The minimum atomic E-state index is -4.82. The van der Waals surface area contributed by atoms with Crippen LogP contribution in [0.1, 0.15) is 28.8 Å². The summed E-state index contributed by atoms with van der Waals surface area (Å²) < 4.78 is 45.8. The third-order valence-corrected chi connectivity index (χ3v) is 5.06. The lowest BCUT2D eigenvalue weighted by Gasteiger charge is -2.17. The van der Waals surface area contributed by atoms with Gasteiger partial charge in [-0.15, -0.1) is 13.2 Å². The summed E-state index contributed by atoms with van der Waals surface area (Å²) in [5.41, 5.74) is 7.76. The summed E-state index contributed by atoms with van der Waals surface area (Å²) in [6.07, 6.45) is -5.07. The van der Waals surface area contributed by atoms with Crippen LogP contribution in [0, 0.1) is 0 Å². The number of amides is 2. The van der Waals surface area contributed by atoms with E-state index in [-0.39, 0.29) is 19.4 Å². The van der Waals surface area contributed by atoms with Gasteiger partial charge in [0.15, 0.2) is 0 Å². The van der Waals surface area contributed by atoms with Crippen molar-refractivity contribution in [2.45, 2.75) is 31.9 Å². The van der Waals surface area contributed by atoms with Gasteiger partial charge in [-0.05, 0) is 47.4 Å². The van der Waals surface area contributed by atoms with E-state index in [0.29, 0.717) is 11.1 Å². The van der Waals surface area contributed by atoms with Gasteiger partial charge < -0.3 is 20.5 Å². The number of hydrogen-bond donors (Lipinski definition) is 2. The van der Waals surface area contributed by atoms with Gasteiger partial charge in [0, 0.05) is 12.0 Å². The van der Waals surface area contributed by atoms with Gasteiger partial charge in [-0.1, -0.05) is 54.6 Å². The van der Waals surface area contributed by atoms with Gasteiger partial charge in [0.2, 0.25) is 5.91 Å². The molecule has 0 unspecified atom stereocenters. The highest BCUT2D eigenvalue weighted by atomic mass is 19.4. The second kappa shape index (κ2) is 11.9. The fourth-order valence-corrected chi connectivity index (χ4v) is 3.26. The fraction of sp³-hybridized carbons (Fsp3) is 0.192. The maximum Gasteiger partial charge on any atom is 0.573 e. The predicted molar refractivity (Wildman–Crippen MR) is 124 cm³/mol. The summed E-state index contributed by atoms with van der Waals surface area (Å²) in [5, 5.41) is 2.55. The molecule has 3 aromatic rings. The highest BCUT2D eigenvalue weighted by molar-refractivity contribution is 5.97. The molecule has 188 valence electrons. The van der Waals surface area contributed by atoms with E-state index >= 15 is 0 Å². The maximum atomic E-state index is 12.7. The summed E-state index contributed by atoms with van der Waals surface area (Å²) in [5.74, 6) is -2.44. The normalized spacial score (nSPS) is 11.9. The van der Waals surface area contributed by atoms with Crippen molar-refractivity contribution < 1.29 is 37.0 Å². The number of primary amides is 1. The molecular weight excluding hydrogens is 477 g/mol. The van der Waals surface area contributed by atoms with E-state index in [0.717, 1.165) is 23.3 Å². The molecule has 7 nitrogen and oxygen atoms in total.